The summed E-state index contributed by atoms with van der Waals surface area (Å²) in [6, 6.07) is 0. The molecule has 1 heterocycles. The van der Waals surface area contributed by atoms with Crippen molar-refractivity contribution in [3.63, 3.8) is 0 Å². The molecule has 1 aliphatic rings. The van der Waals surface area contributed by atoms with Gasteiger partial charge in [-0.1, -0.05) is 13.2 Å². The van der Waals surface area contributed by atoms with Crippen LogP contribution in [0.4, 0.5) is 0 Å². The van der Waals surface area contributed by atoms with Gasteiger partial charge in [0.2, 0.25) is 0 Å². The number of carbonyl (C=O) groups is 2. The summed E-state index contributed by atoms with van der Waals surface area (Å²) in [6.45, 7) is 7.28. The van der Waals surface area contributed by atoms with Crippen molar-refractivity contribution >= 4 is 11.9 Å². The van der Waals surface area contributed by atoms with Gasteiger partial charge in [-0.25, -0.2) is 9.59 Å². The van der Waals surface area contributed by atoms with E-state index in [9.17, 15) is 9.59 Å². The molecule has 0 saturated carbocycles. The third-order valence-corrected chi connectivity index (χ3v) is 1.16. The van der Waals surface area contributed by atoms with Gasteiger partial charge in [0.15, 0.2) is 0 Å². The number of epoxide rings is 1. The lowest BCUT2D eigenvalue weighted by Gasteiger charge is -1.94. The molecule has 1 aliphatic heterocycles. The molecule has 0 bridgehead atoms. The van der Waals surface area contributed by atoms with Gasteiger partial charge in [-0.05, 0) is 0 Å². The first-order valence-corrected chi connectivity index (χ1v) is 3.86. The Morgan fingerprint density at radius 3 is 2.29 bits per heavy atom. The van der Waals surface area contributed by atoms with Crippen LogP contribution in [-0.4, -0.2) is 36.4 Å². The van der Waals surface area contributed by atoms with Crippen molar-refractivity contribution in [2.45, 2.75) is 6.10 Å². The summed E-state index contributed by atoms with van der Waals surface area (Å²) >= 11 is 0. The van der Waals surface area contributed by atoms with Crippen molar-refractivity contribution in [2.75, 3.05) is 13.2 Å². The molecule has 0 spiro atoms. The number of carbonyl (C=O) groups excluding carboxylic acids is 1. The summed E-state index contributed by atoms with van der Waals surface area (Å²) in [7, 11) is 0. The molecular weight excluding hydrogens is 188 g/mol. The molecule has 1 unspecified atom stereocenters. The van der Waals surface area contributed by atoms with Gasteiger partial charge in [0.1, 0.15) is 12.7 Å². The zero-order valence-electron chi connectivity index (χ0n) is 7.64. The van der Waals surface area contributed by atoms with Gasteiger partial charge in [-0.3, -0.25) is 0 Å². The fourth-order valence-corrected chi connectivity index (χ4v) is 0.398. The van der Waals surface area contributed by atoms with Gasteiger partial charge in [-0.2, -0.15) is 0 Å². The van der Waals surface area contributed by atoms with Gasteiger partial charge < -0.3 is 14.6 Å². The van der Waals surface area contributed by atoms with Crippen LogP contribution >= 0.6 is 0 Å². The van der Waals surface area contributed by atoms with Gasteiger partial charge in [0.05, 0.1) is 6.61 Å². The van der Waals surface area contributed by atoms with Crippen molar-refractivity contribution in [1.82, 2.24) is 0 Å². The van der Waals surface area contributed by atoms with Gasteiger partial charge in [-0.15, -0.1) is 0 Å². The average molecular weight is 200 g/mol. The second-order valence-corrected chi connectivity index (χ2v) is 2.33. The molecule has 1 saturated heterocycles. The molecule has 14 heavy (non-hydrogen) atoms. The minimum absolute atomic E-state index is 0.147. The van der Waals surface area contributed by atoms with Crippen LogP contribution in [0.15, 0.2) is 25.3 Å². The molecule has 5 nitrogen and oxygen atoms in total. The van der Waals surface area contributed by atoms with E-state index in [2.05, 4.69) is 17.9 Å². The average Bonchev–Trinajstić information content (AvgIpc) is 2.98. The maximum atomic E-state index is 10.3. The number of hydrogen-bond donors (Lipinski definition) is 1. The second-order valence-electron chi connectivity index (χ2n) is 2.33. The predicted molar refractivity (Wildman–Crippen MR) is 48.7 cm³/mol. The summed E-state index contributed by atoms with van der Waals surface area (Å²) < 4.78 is 9.42. The first-order chi connectivity index (χ1) is 6.60. The smallest absolute Gasteiger partial charge is 0.330 e. The number of rotatable bonds is 4. The Morgan fingerprint density at radius 1 is 1.50 bits per heavy atom. The van der Waals surface area contributed by atoms with Crippen molar-refractivity contribution < 1.29 is 24.2 Å². The van der Waals surface area contributed by atoms with E-state index >= 15 is 0 Å². The second kappa shape index (κ2) is 6.85. The minimum atomic E-state index is -0.981. The first kappa shape index (κ1) is 12.4. The Labute approximate surface area is 81.6 Å². The summed E-state index contributed by atoms with van der Waals surface area (Å²) in [4.78, 5) is 19.6. The third kappa shape index (κ3) is 8.48. The normalized spacial score (nSPS) is 17.0. The number of carboxylic acid groups (broad SMARTS) is 1. The zero-order chi connectivity index (χ0) is 11.0. The van der Waals surface area contributed by atoms with E-state index in [4.69, 9.17) is 9.84 Å². The van der Waals surface area contributed by atoms with E-state index in [0.29, 0.717) is 13.2 Å². The quantitative estimate of drug-likeness (QED) is 0.403. The van der Waals surface area contributed by atoms with Crippen LogP contribution in [0.3, 0.4) is 0 Å². The number of hydrogen-bond acceptors (Lipinski definition) is 4. The molecule has 0 radical (unpaired) electrons. The summed E-state index contributed by atoms with van der Waals surface area (Å²) in [5, 5.41) is 7.60. The van der Waals surface area contributed by atoms with E-state index in [1.54, 1.807) is 0 Å². The van der Waals surface area contributed by atoms with E-state index in [0.717, 1.165) is 12.2 Å². The zero-order valence-corrected chi connectivity index (χ0v) is 7.64. The molecule has 0 aromatic heterocycles. The van der Waals surface area contributed by atoms with Gasteiger partial charge in [0, 0.05) is 12.2 Å². The van der Waals surface area contributed by atoms with Crippen LogP contribution in [0.2, 0.25) is 0 Å². The fraction of sp³-hybridized carbons (Fsp3) is 0.333. The molecular formula is C9H12O5. The molecule has 1 N–H and O–H groups in total. The SMILES string of the molecule is C=CC(=O)O.C=CC(=O)OCC1CO1. The lowest BCUT2D eigenvalue weighted by molar-refractivity contribution is -0.138. The molecule has 0 aromatic carbocycles. The van der Waals surface area contributed by atoms with Crippen LogP contribution in [0, 0.1) is 0 Å². The van der Waals surface area contributed by atoms with E-state index in [-0.39, 0.29) is 12.1 Å². The van der Waals surface area contributed by atoms with Crippen molar-refractivity contribution in [1.29, 1.82) is 0 Å². The Balaban J connectivity index is 0.000000292. The van der Waals surface area contributed by atoms with Crippen LogP contribution in [0.1, 0.15) is 0 Å². The van der Waals surface area contributed by atoms with Crippen molar-refractivity contribution in [3.8, 4) is 0 Å². The molecule has 78 valence electrons. The minimum Gasteiger partial charge on any atom is -0.478 e. The fourth-order valence-electron chi connectivity index (χ4n) is 0.398. The predicted octanol–water partition coefficient (Wildman–Crippen LogP) is 0.371. The van der Waals surface area contributed by atoms with Crippen LogP contribution in [-0.2, 0) is 19.1 Å². The maximum Gasteiger partial charge on any atom is 0.330 e. The highest BCUT2D eigenvalue weighted by Crippen LogP contribution is 2.08. The first-order valence-electron chi connectivity index (χ1n) is 3.86. The van der Waals surface area contributed by atoms with Crippen LogP contribution in [0.5, 0.6) is 0 Å². The van der Waals surface area contributed by atoms with Crippen molar-refractivity contribution in [2.24, 2.45) is 0 Å². The summed E-state index contributed by atoms with van der Waals surface area (Å²) in [6.07, 6.45) is 2.12. The number of aliphatic carboxylic acids is 1. The van der Waals surface area contributed by atoms with Gasteiger partial charge in [0.25, 0.3) is 0 Å². The topological polar surface area (TPSA) is 76.1 Å². The highest BCUT2D eigenvalue weighted by atomic mass is 16.6. The van der Waals surface area contributed by atoms with E-state index in [1.165, 1.54) is 0 Å². The summed E-state index contributed by atoms with van der Waals surface area (Å²) in [5.74, 6) is -1.37. The van der Waals surface area contributed by atoms with E-state index in [1.807, 2.05) is 0 Å². The largest absolute Gasteiger partial charge is 0.478 e. The Bertz CT molecular complexity index is 229. The standard InChI is InChI=1S/C6H8O3.C3H4O2/c1-2-6(7)9-4-5-3-8-5;1-2-3(4)5/h2,5H,1,3-4H2;2H,1H2,(H,4,5). The third-order valence-electron chi connectivity index (χ3n) is 1.16. The Hall–Kier alpha value is -1.62. The summed E-state index contributed by atoms with van der Waals surface area (Å²) in [5.41, 5.74) is 0. The van der Waals surface area contributed by atoms with Crippen LogP contribution < -0.4 is 0 Å². The molecule has 0 aromatic rings. The maximum absolute atomic E-state index is 10.3. The van der Waals surface area contributed by atoms with E-state index < -0.39 is 5.97 Å². The highest BCUT2D eigenvalue weighted by molar-refractivity contribution is 5.81. The Kier molecular flexibility index (Phi) is 6.06. The molecule has 0 aliphatic carbocycles. The molecule has 1 rings (SSSR count). The number of ether oxygens (including phenoxy) is 2. The Morgan fingerprint density at radius 2 is 2.00 bits per heavy atom. The lowest BCUT2D eigenvalue weighted by atomic mass is 10.5. The highest BCUT2D eigenvalue weighted by Gasteiger charge is 2.23. The molecule has 1 fully saturated rings. The monoisotopic (exact) mass is 200 g/mol. The molecule has 0 amide bonds. The number of esters is 1. The molecule has 5 heteroatoms. The number of carboxylic acids is 1. The van der Waals surface area contributed by atoms with Crippen LogP contribution in [0.25, 0.3) is 0 Å². The van der Waals surface area contributed by atoms with Crippen molar-refractivity contribution in [3.05, 3.63) is 25.3 Å². The lowest BCUT2D eigenvalue weighted by Crippen LogP contribution is -2.06. The van der Waals surface area contributed by atoms with Gasteiger partial charge >= 0.3 is 11.9 Å². The molecule has 1 atom stereocenters.